The molecule has 3 heteroatoms. The van der Waals surface area contributed by atoms with E-state index in [0.717, 1.165) is 23.9 Å². The number of rotatable bonds is 5. The molecule has 0 aliphatic carbocycles. The summed E-state index contributed by atoms with van der Waals surface area (Å²) >= 11 is 3.47. The number of ether oxygens (including phenoxy) is 1. The minimum Gasteiger partial charge on any atom is -0.385 e. The van der Waals surface area contributed by atoms with Crippen LogP contribution in [0.4, 0.5) is 0 Å². The lowest BCUT2D eigenvalue weighted by molar-refractivity contribution is 0.190. The van der Waals surface area contributed by atoms with Crippen LogP contribution in [0.2, 0.25) is 0 Å². The number of aryl methyl sites for hydroxylation is 1. The van der Waals surface area contributed by atoms with Crippen molar-refractivity contribution in [1.29, 1.82) is 0 Å². The third-order valence-electron chi connectivity index (χ3n) is 2.50. The summed E-state index contributed by atoms with van der Waals surface area (Å²) in [5.41, 5.74) is 8.60. The van der Waals surface area contributed by atoms with Crippen LogP contribution in [-0.2, 0) is 4.74 Å². The van der Waals surface area contributed by atoms with Crippen LogP contribution >= 0.6 is 15.9 Å². The second-order valence-electron chi connectivity index (χ2n) is 3.74. The summed E-state index contributed by atoms with van der Waals surface area (Å²) in [6.07, 6.45) is 1.97. The van der Waals surface area contributed by atoms with Gasteiger partial charge in [-0.2, -0.15) is 0 Å². The van der Waals surface area contributed by atoms with E-state index in [1.807, 2.05) is 6.07 Å². The van der Waals surface area contributed by atoms with Gasteiger partial charge >= 0.3 is 0 Å². The van der Waals surface area contributed by atoms with Gasteiger partial charge in [0.15, 0.2) is 0 Å². The van der Waals surface area contributed by atoms with Crippen molar-refractivity contribution < 1.29 is 4.74 Å². The van der Waals surface area contributed by atoms with E-state index in [1.54, 1.807) is 7.11 Å². The Kier molecular flexibility index (Phi) is 5.29. The van der Waals surface area contributed by atoms with Crippen molar-refractivity contribution >= 4 is 15.9 Å². The monoisotopic (exact) mass is 271 g/mol. The van der Waals surface area contributed by atoms with Crippen molar-refractivity contribution in [3.63, 3.8) is 0 Å². The van der Waals surface area contributed by atoms with Crippen LogP contribution in [0.5, 0.6) is 0 Å². The first-order chi connectivity index (χ1) is 7.15. The molecule has 1 aromatic carbocycles. The standard InChI is InChI=1S/C12H18BrNO/c1-9-5-6-10(13)8-11(9)12(14)4-3-7-15-2/h5-6,8,12H,3-4,7,14H2,1-2H3. The Morgan fingerprint density at radius 1 is 1.47 bits per heavy atom. The maximum Gasteiger partial charge on any atom is 0.0462 e. The molecule has 0 aliphatic heterocycles. The molecule has 0 radical (unpaired) electrons. The number of hydrogen-bond donors (Lipinski definition) is 1. The van der Waals surface area contributed by atoms with Crippen molar-refractivity contribution in [3.8, 4) is 0 Å². The van der Waals surface area contributed by atoms with Gasteiger partial charge in [0.05, 0.1) is 0 Å². The molecular weight excluding hydrogens is 254 g/mol. The van der Waals surface area contributed by atoms with Gasteiger partial charge in [0.2, 0.25) is 0 Å². The van der Waals surface area contributed by atoms with Crippen LogP contribution in [0.15, 0.2) is 22.7 Å². The molecule has 1 unspecified atom stereocenters. The minimum absolute atomic E-state index is 0.109. The zero-order chi connectivity index (χ0) is 11.3. The molecule has 1 atom stereocenters. The van der Waals surface area contributed by atoms with E-state index < -0.39 is 0 Å². The second kappa shape index (κ2) is 6.26. The van der Waals surface area contributed by atoms with Crippen LogP contribution in [0.1, 0.15) is 30.0 Å². The summed E-state index contributed by atoms with van der Waals surface area (Å²) in [6.45, 7) is 2.87. The Balaban J connectivity index is 2.64. The number of hydrogen-bond acceptors (Lipinski definition) is 2. The fourth-order valence-electron chi connectivity index (χ4n) is 1.61. The molecule has 0 amide bonds. The van der Waals surface area contributed by atoms with Gasteiger partial charge in [-0.1, -0.05) is 22.0 Å². The second-order valence-corrected chi connectivity index (χ2v) is 4.66. The molecule has 0 fully saturated rings. The molecule has 15 heavy (non-hydrogen) atoms. The molecule has 0 heterocycles. The predicted molar refractivity (Wildman–Crippen MR) is 66.9 cm³/mol. The lowest BCUT2D eigenvalue weighted by Crippen LogP contribution is -2.12. The molecule has 0 aliphatic rings. The molecule has 84 valence electrons. The zero-order valence-electron chi connectivity index (χ0n) is 9.29. The Morgan fingerprint density at radius 3 is 2.87 bits per heavy atom. The number of methoxy groups -OCH3 is 1. The van der Waals surface area contributed by atoms with Crippen molar-refractivity contribution in [2.75, 3.05) is 13.7 Å². The van der Waals surface area contributed by atoms with Crippen LogP contribution < -0.4 is 5.73 Å². The first-order valence-electron chi connectivity index (χ1n) is 5.15. The molecule has 1 rings (SSSR count). The quantitative estimate of drug-likeness (QED) is 0.835. The lowest BCUT2D eigenvalue weighted by atomic mass is 9.98. The van der Waals surface area contributed by atoms with Gasteiger partial charge in [0, 0.05) is 24.2 Å². The summed E-state index contributed by atoms with van der Waals surface area (Å²) < 4.78 is 6.11. The first kappa shape index (κ1) is 12.7. The summed E-state index contributed by atoms with van der Waals surface area (Å²) in [5, 5.41) is 0. The molecule has 2 N–H and O–H groups in total. The van der Waals surface area contributed by atoms with E-state index in [1.165, 1.54) is 11.1 Å². The predicted octanol–water partition coefficient (Wildman–Crippen LogP) is 3.18. The Hall–Kier alpha value is -0.380. The molecular formula is C12H18BrNO. The van der Waals surface area contributed by atoms with Crippen LogP contribution in [0.3, 0.4) is 0 Å². The van der Waals surface area contributed by atoms with Gasteiger partial charge in [-0.25, -0.2) is 0 Å². The smallest absolute Gasteiger partial charge is 0.0462 e. The summed E-state index contributed by atoms with van der Waals surface area (Å²) in [4.78, 5) is 0. The van der Waals surface area contributed by atoms with Crippen molar-refractivity contribution in [2.24, 2.45) is 5.73 Å². The summed E-state index contributed by atoms with van der Waals surface area (Å²) in [5.74, 6) is 0. The van der Waals surface area contributed by atoms with E-state index in [2.05, 4.69) is 35.0 Å². The molecule has 0 aromatic heterocycles. The maximum absolute atomic E-state index is 6.13. The normalized spacial score (nSPS) is 12.8. The number of halogens is 1. The highest BCUT2D eigenvalue weighted by Crippen LogP contribution is 2.23. The third-order valence-corrected chi connectivity index (χ3v) is 3.00. The first-order valence-corrected chi connectivity index (χ1v) is 5.95. The van der Waals surface area contributed by atoms with E-state index in [-0.39, 0.29) is 6.04 Å². The van der Waals surface area contributed by atoms with Gasteiger partial charge in [0.25, 0.3) is 0 Å². The van der Waals surface area contributed by atoms with Gasteiger partial charge in [0.1, 0.15) is 0 Å². The maximum atomic E-state index is 6.13. The summed E-state index contributed by atoms with van der Waals surface area (Å²) in [6, 6.07) is 6.35. The SMILES string of the molecule is COCCCC(N)c1cc(Br)ccc1C. The highest BCUT2D eigenvalue weighted by molar-refractivity contribution is 9.10. The van der Waals surface area contributed by atoms with Crippen molar-refractivity contribution in [1.82, 2.24) is 0 Å². The molecule has 1 aromatic rings. The van der Waals surface area contributed by atoms with Crippen molar-refractivity contribution in [2.45, 2.75) is 25.8 Å². The zero-order valence-corrected chi connectivity index (χ0v) is 10.9. The molecule has 0 saturated heterocycles. The largest absolute Gasteiger partial charge is 0.385 e. The fourth-order valence-corrected chi connectivity index (χ4v) is 1.99. The molecule has 0 bridgehead atoms. The highest BCUT2D eigenvalue weighted by atomic mass is 79.9. The van der Waals surface area contributed by atoms with E-state index in [4.69, 9.17) is 10.5 Å². The highest BCUT2D eigenvalue weighted by Gasteiger charge is 2.08. The van der Waals surface area contributed by atoms with E-state index in [9.17, 15) is 0 Å². The van der Waals surface area contributed by atoms with Crippen LogP contribution in [0.25, 0.3) is 0 Å². The Morgan fingerprint density at radius 2 is 2.20 bits per heavy atom. The van der Waals surface area contributed by atoms with E-state index >= 15 is 0 Å². The van der Waals surface area contributed by atoms with Crippen LogP contribution in [-0.4, -0.2) is 13.7 Å². The molecule has 2 nitrogen and oxygen atoms in total. The number of nitrogens with two attached hydrogens (primary N) is 1. The molecule has 0 saturated carbocycles. The third kappa shape index (κ3) is 3.93. The van der Waals surface area contributed by atoms with Gasteiger partial charge in [-0.3, -0.25) is 0 Å². The average molecular weight is 272 g/mol. The minimum atomic E-state index is 0.109. The molecule has 0 spiro atoms. The number of benzene rings is 1. The lowest BCUT2D eigenvalue weighted by Gasteiger charge is -2.14. The van der Waals surface area contributed by atoms with E-state index in [0.29, 0.717) is 0 Å². The van der Waals surface area contributed by atoms with Gasteiger partial charge in [-0.15, -0.1) is 0 Å². The van der Waals surface area contributed by atoms with Crippen LogP contribution in [0, 0.1) is 6.92 Å². The van der Waals surface area contributed by atoms with Gasteiger partial charge < -0.3 is 10.5 Å². The Bertz CT molecular complexity index is 314. The average Bonchev–Trinajstić information content (AvgIpc) is 2.22. The fraction of sp³-hybridized carbons (Fsp3) is 0.500. The van der Waals surface area contributed by atoms with Crippen molar-refractivity contribution in [3.05, 3.63) is 33.8 Å². The topological polar surface area (TPSA) is 35.2 Å². The van der Waals surface area contributed by atoms with Gasteiger partial charge in [-0.05, 0) is 43.0 Å². The Labute approximate surface area is 99.9 Å². The summed E-state index contributed by atoms with van der Waals surface area (Å²) in [7, 11) is 1.72.